The first-order chi connectivity index (χ1) is 14.5. The molecule has 1 aliphatic rings. The first kappa shape index (κ1) is 26.8. The SMILES string of the molecule is CCC(C)C(N)C(=O)NC(C(=O)NC(C(=O)N1CCCC1C(=O)O)C(C)O)C(C)CC. The van der Waals surface area contributed by atoms with Crippen molar-refractivity contribution < 1.29 is 29.4 Å². The van der Waals surface area contributed by atoms with E-state index < -0.39 is 54.0 Å². The number of likely N-dealkylation sites (tertiary alicyclic amines) is 1. The number of hydrogen-bond acceptors (Lipinski definition) is 6. The van der Waals surface area contributed by atoms with E-state index in [4.69, 9.17) is 5.73 Å². The summed E-state index contributed by atoms with van der Waals surface area (Å²) in [5.41, 5.74) is 5.99. The lowest BCUT2D eigenvalue weighted by molar-refractivity contribution is -0.151. The Bertz CT molecular complexity index is 656. The van der Waals surface area contributed by atoms with Crippen LogP contribution in [0.4, 0.5) is 0 Å². The molecule has 0 bridgehead atoms. The van der Waals surface area contributed by atoms with Crippen LogP contribution in [0.15, 0.2) is 0 Å². The van der Waals surface area contributed by atoms with Gasteiger partial charge in [0.15, 0.2) is 0 Å². The van der Waals surface area contributed by atoms with Crippen molar-refractivity contribution in [2.75, 3.05) is 6.54 Å². The van der Waals surface area contributed by atoms with E-state index in [9.17, 15) is 29.4 Å². The standard InChI is InChI=1S/C21H38N4O6/c1-6-11(3)15(22)18(27)23-16(12(4)7-2)19(28)24-17(13(5)26)20(29)25-10-8-9-14(25)21(30)31/h11-17,26H,6-10,22H2,1-5H3,(H,23,27)(H,24,28)(H,30,31). The molecular formula is C21H38N4O6. The van der Waals surface area contributed by atoms with E-state index in [1.807, 2.05) is 20.8 Å². The van der Waals surface area contributed by atoms with Crippen LogP contribution in [0, 0.1) is 11.8 Å². The van der Waals surface area contributed by atoms with Gasteiger partial charge >= 0.3 is 5.97 Å². The Morgan fingerprint density at radius 1 is 1.00 bits per heavy atom. The van der Waals surface area contributed by atoms with Crippen LogP contribution in [0.2, 0.25) is 0 Å². The van der Waals surface area contributed by atoms with E-state index >= 15 is 0 Å². The van der Waals surface area contributed by atoms with Crippen LogP contribution < -0.4 is 16.4 Å². The number of amides is 3. The maximum absolute atomic E-state index is 13.0. The molecule has 3 amide bonds. The van der Waals surface area contributed by atoms with Crippen molar-refractivity contribution in [2.24, 2.45) is 17.6 Å². The maximum atomic E-state index is 13.0. The second-order valence-electron chi connectivity index (χ2n) is 8.54. The molecule has 0 aromatic heterocycles. The minimum Gasteiger partial charge on any atom is -0.480 e. The highest BCUT2D eigenvalue weighted by molar-refractivity contribution is 5.94. The van der Waals surface area contributed by atoms with Gasteiger partial charge in [0.1, 0.15) is 18.1 Å². The zero-order chi connectivity index (χ0) is 23.9. The first-order valence-electron chi connectivity index (χ1n) is 11.0. The fourth-order valence-corrected chi connectivity index (χ4v) is 3.56. The number of aliphatic hydroxyl groups excluding tert-OH is 1. The number of rotatable bonds is 11. The molecule has 0 radical (unpaired) electrons. The molecule has 0 aromatic rings. The highest BCUT2D eigenvalue weighted by Gasteiger charge is 2.40. The van der Waals surface area contributed by atoms with E-state index in [1.165, 1.54) is 11.8 Å². The van der Waals surface area contributed by atoms with Crippen LogP contribution in [0.25, 0.3) is 0 Å². The number of carboxylic acids is 1. The van der Waals surface area contributed by atoms with Gasteiger partial charge in [-0.15, -0.1) is 0 Å². The maximum Gasteiger partial charge on any atom is 0.326 e. The van der Waals surface area contributed by atoms with Gasteiger partial charge in [-0.05, 0) is 31.6 Å². The number of nitrogens with two attached hydrogens (primary N) is 1. The Labute approximate surface area is 183 Å². The third kappa shape index (κ3) is 6.90. The Kier molecular flexibility index (Phi) is 10.4. The zero-order valence-corrected chi connectivity index (χ0v) is 19.1. The average molecular weight is 443 g/mol. The average Bonchev–Trinajstić information content (AvgIpc) is 3.23. The van der Waals surface area contributed by atoms with E-state index in [0.717, 1.165) is 0 Å². The molecule has 1 aliphatic heterocycles. The van der Waals surface area contributed by atoms with Crippen LogP contribution in [-0.4, -0.2) is 75.6 Å². The Balaban J connectivity index is 3.00. The van der Waals surface area contributed by atoms with Crippen LogP contribution in [0.1, 0.15) is 60.3 Å². The van der Waals surface area contributed by atoms with Crippen LogP contribution >= 0.6 is 0 Å². The first-order valence-corrected chi connectivity index (χ1v) is 11.0. The number of aliphatic carboxylic acids is 1. The molecule has 1 rings (SSSR count). The van der Waals surface area contributed by atoms with E-state index in [-0.39, 0.29) is 18.4 Å². The molecule has 0 aliphatic carbocycles. The van der Waals surface area contributed by atoms with Crippen molar-refractivity contribution in [3.8, 4) is 0 Å². The number of carbonyl (C=O) groups excluding carboxylic acids is 3. The fraction of sp³-hybridized carbons (Fsp3) is 0.810. The third-order valence-corrected chi connectivity index (χ3v) is 6.22. The third-order valence-electron chi connectivity index (χ3n) is 6.22. The smallest absolute Gasteiger partial charge is 0.326 e. The molecule has 6 N–H and O–H groups in total. The van der Waals surface area contributed by atoms with Gasteiger partial charge in [0, 0.05) is 6.54 Å². The van der Waals surface area contributed by atoms with E-state index in [2.05, 4.69) is 10.6 Å². The van der Waals surface area contributed by atoms with Crippen molar-refractivity contribution in [1.82, 2.24) is 15.5 Å². The quantitative estimate of drug-likeness (QED) is 0.297. The Morgan fingerprint density at radius 2 is 1.55 bits per heavy atom. The van der Waals surface area contributed by atoms with Gasteiger partial charge in [0.25, 0.3) is 0 Å². The lowest BCUT2D eigenvalue weighted by Gasteiger charge is -2.31. The van der Waals surface area contributed by atoms with Gasteiger partial charge in [-0.1, -0.05) is 40.5 Å². The second-order valence-corrected chi connectivity index (χ2v) is 8.54. The summed E-state index contributed by atoms with van der Waals surface area (Å²) >= 11 is 0. The summed E-state index contributed by atoms with van der Waals surface area (Å²) in [5, 5.41) is 24.7. The summed E-state index contributed by atoms with van der Waals surface area (Å²) in [6.45, 7) is 9.01. The van der Waals surface area contributed by atoms with E-state index in [1.54, 1.807) is 6.92 Å². The van der Waals surface area contributed by atoms with Gasteiger partial charge in [-0.2, -0.15) is 0 Å². The van der Waals surface area contributed by atoms with Gasteiger partial charge < -0.3 is 31.5 Å². The molecule has 31 heavy (non-hydrogen) atoms. The minimum absolute atomic E-state index is 0.0736. The van der Waals surface area contributed by atoms with Crippen LogP contribution in [-0.2, 0) is 19.2 Å². The summed E-state index contributed by atoms with van der Waals surface area (Å²) in [5.74, 6) is -3.18. The fourth-order valence-electron chi connectivity index (χ4n) is 3.56. The lowest BCUT2D eigenvalue weighted by atomic mass is 9.95. The normalized spacial score (nSPS) is 22.0. The molecule has 178 valence electrons. The molecular weight excluding hydrogens is 404 g/mol. The van der Waals surface area contributed by atoms with Crippen molar-refractivity contribution in [3.63, 3.8) is 0 Å². The van der Waals surface area contributed by atoms with Crippen molar-refractivity contribution in [1.29, 1.82) is 0 Å². The van der Waals surface area contributed by atoms with Crippen molar-refractivity contribution in [3.05, 3.63) is 0 Å². The summed E-state index contributed by atoms with van der Waals surface area (Å²) < 4.78 is 0. The molecule has 1 heterocycles. The zero-order valence-electron chi connectivity index (χ0n) is 19.1. The van der Waals surface area contributed by atoms with Crippen LogP contribution in [0.5, 0.6) is 0 Å². The molecule has 1 saturated heterocycles. The molecule has 7 atom stereocenters. The van der Waals surface area contributed by atoms with E-state index in [0.29, 0.717) is 25.7 Å². The molecule has 0 saturated carbocycles. The van der Waals surface area contributed by atoms with Crippen molar-refractivity contribution >= 4 is 23.7 Å². The highest BCUT2D eigenvalue weighted by atomic mass is 16.4. The molecule has 0 spiro atoms. The predicted octanol–water partition coefficient (Wildman–Crippen LogP) is -0.168. The minimum atomic E-state index is -1.32. The van der Waals surface area contributed by atoms with Crippen LogP contribution in [0.3, 0.4) is 0 Å². The highest BCUT2D eigenvalue weighted by Crippen LogP contribution is 2.20. The van der Waals surface area contributed by atoms with Gasteiger partial charge in [-0.25, -0.2) is 4.79 Å². The molecule has 10 nitrogen and oxygen atoms in total. The number of nitrogens with zero attached hydrogens (tertiary/aromatic N) is 1. The van der Waals surface area contributed by atoms with Crippen molar-refractivity contribution in [2.45, 2.75) is 90.6 Å². The van der Waals surface area contributed by atoms with Gasteiger partial charge in [0.2, 0.25) is 17.7 Å². The van der Waals surface area contributed by atoms with Gasteiger partial charge in [0.05, 0.1) is 12.1 Å². The summed E-state index contributed by atoms with van der Waals surface area (Å²) in [7, 11) is 0. The largest absolute Gasteiger partial charge is 0.480 e. The number of carbonyl (C=O) groups is 4. The number of nitrogens with one attached hydrogen (secondary N) is 2. The number of hydrogen-bond donors (Lipinski definition) is 5. The molecule has 1 fully saturated rings. The predicted molar refractivity (Wildman–Crippen MR) is 115 cm³/mol. The summed E-state index contributed by atoms with van der Waals surface area (Å²) in [6, 6.07) is -4.03. The number of carboxylic acid groups (broad SMARTS) is 1. The monoisotopic (exact) mass is 442 g/mol. The number of aliphatic hydroxyl groups is 1. The summed E-state index contributed by atoms with van der Waals surface area (Å²) in [6.07, 6.45) is 0.885. The second kappa shape index (κ2) is 12.0. The Morgan fingerprint density at radius 3 is 2.03 bits per heavy atom. The topological polar surface area (TPSA) is 162 Å². The molecule has 0 aromatic carbocycles. The van der Waals surface area contributed by atoms with Gasteiger partial charge in [-0.3, -0.25) is 14.4 Å². The molecule has 10 heteroatoms. The lowest BCUT2D eigenvalue weighted by Crippen LogP contribution is -2.61. The Hall–Kier alpha value is -2.20. The summed E-state index contributed by atoms with van der Waals surface area (Å²) in [4.78, 5) is 51.1. The molecule has 7 unspecified atom stereocenters.